The van der Waals surface area contributed by atoms with Gasteiger partial charge in [0.1, 0.15) is 5.82 Å². The Bertz CT molecular complexity index is 1030. The van der Waals surface area contributed by atoms with Gasteiger partial charge in [-0.05, 0) is 36.8 Å². The third-order valence-electron chi connectivity index (χ3n) is 5.14. The first-order chi connectivity index (χ1) is 14.1. The maximum atomic E-state index is 13.0. The molecule has 1 amide bonds. The summed E-state index contributed by atoms with van der Waals surface area (Å²) in [6, 6.07) is 16.7. The topological polar surface area (TPSA) is 77.3 Å². The zero-order valence-corrected chi connectivity index (χ0v) is 16.4. The molecule has 2 aromatic carbocycles. The van der Waals surface area contributed by atoms with Crippen LogP contribution in [0.25, 0.3) is 0 Å². The van der Waals surface area contributed by atoms with Crippen molar-refractivity contribution in [3.63, 3.8) is 0 Å². The van der Waals surface area contributed by atoms with Crippen molar-refractivity contribution >= 4 is 11.9 Å². The standard InChI is InChI=1S/C22H22N4O3/c1-15-13-25(21(27)17-8-10-18(11-9-17)22(28)29-2)14-20-24-23-19(26(15)20)12-16-6-4-3-5-7-16/h3-11,15H,12-14H2,1-2H3/t15-/m0/s1. The van der Waals surface area contributed by atoms with Crippen LogP contribution in [0.4, 0.5) is 0 Å². The molecule has 0 unspecified atom stereocenters. The summed E-state index contributed by atoms with van der Waals surface area (Å²) in [7, 11) is 1.33. The molecule has 1 aliphatic heterocycles. The molecule has 148 valence electrons. The van der Waals surface area contributed by atoms with E-state index in [1.807, 2.05) is 18.2 Å². The van der Waals surface area contributed by atoms with Gasteiger partial charge in [-0.25, -0.2) is 4.79 Å². The molecule has 0 N–H and O–H groups in total. The van der Waals surface area contributed by atoms with Gasteiger partial charge in [-0.1, -0.05) is 30.3 Å². The second-order valence-corrected chi connectivity index (χ2v) is 7.17. The van der Waals surface area contributed by atoms with Crippen LogP contribution in [0.15, 0.2) is 54.6 Å². The lowest BCUT2D eigenvalue weighted by Crippen LogP contribution is -2.40. The quantitative estimate of drug-likeness (QED) is 0.640. The maximum Gasteiger partial charge on any atom is 0.337 e. The number of benzene rings is 2. The molecule has 1 atom stereocenters. The fraction of sp³-hybridized carbons (Fsp3) is 0.273. The minimum Gasteiger partial charge on any atom is -0.465 e. The molecule has 2 heterocycles. The Balaban J connectivity index is 1.52. The highest BCUT2D eigenvalue weighted by Crippen LogP contribution is 2.24. The van der Waals surface area contributed by atoms with Gasteiger partial charge in [-0.15, -0.1) is 10.2 Å². The minimum absolute atomic E-state index is 0.0748. The van der Waals surface area contributed by atoms with Gasteiger partial charge in [0.05, 0.1) is 25.3 Å². The Morgan fingerprint density at radius 2 is 1.72 bits per heavy atom. The number of ether oxygens (including phenoxy) is 1. The number of carbonyl (C=O) groups excluding carboxylic acids is 2. The fourth-order valence-corrected chi connectivity index (χ4v) is 3.72. The molecule has 1 aliphatic rings. The number of aromatic nitrogens is 3. The summed E-state index contributed by atoms with van der Waals surface area (Å²) in [5.41, 5.74) is 2.13. The van der Waals surface area contributed by atoms with Crippen molar-refractivity contribution in [2.24, 2.45) is 0 Å². The first-order valence-electron chi connectivity index (χ1n) is 9.51. The van der Waals surface area contributed by atoms with Gasteiger partial charge in [-0.2, -0.15) is 0 Å². The lowest BCUT2D eigenvalue weighted by Gasteiger charge is -2.32. The minimum atomic E-state index is -0.422. The van der Waals surface area contributed by atoms with Crippen molar-refractivity contribution in [2.75, 3.05) is 13.7 Å². The van der Waals surface area contributed by atoms with Gasteiger partial charge >= 0.3 is 5.97 Å². The van der Waals surface area contributed by atoms with E-state index in [0.717, 1.165) is 11.6 Å². The van der Waals surface area contributed by atoms with E-state index in [-0.39, 0.29) is 11.9 Å². The predicted molar refractivity (Wildman–Crippen MR) is 107 cm³/mol. The third-order valence-corrected chi connectivity index (χ3v) is 5.14. The maximum absolute atomic E-state index is 13.0. The van der Waals surface area contributed by atoms with Gasteiger partial charge in [0, 0.05) is 18.5 Å². The highest BCUT2D eigenvalue weighted by molar-refractivity contribution is 5.96. The van der Waals surface area contributed by atoms with Gasteiger partial charge in [0.2, 0.25) is 0 Å². The summed E-state index contributed by atoms with van der Waals surface area (Å²) < 4.78 is 6.83. The Morgan fingerprint density at radius 1 is 1.03 bits per heavy atom. The van der Waals surface area contributed by atoms with Gasteiger partial charge < -0.3 is 14.2 Å². The molecule has 4 rings (SSSR count). The third kappa shape index (κ3) is 3.76. The zero-order chi connectivity index (χ0) is 20.4. The van der Waals surface area contributed by atoms with Crippen LogP contribution in [0.3, 0.4) is 0 Å². The second kappa shape index (κ2) is 7.87. The van der Waals surface area contributed by atoms with Crippen LogP contribution in [0.2, 0.25) is 0 Å². The number of methoxy groups -OCH3 is 1. The van der Waals surface area contributed by atoms with Crippen LogP contribution < -0.4 is 0 Å². The highest BCUT2D eigenvalue weighted by Gasteiger charge is 2.29. The van der Waals surface area contributed by atoms with Crippen molar-refractivity contribution in [1.82, 2.24) is 19.7 Å². The van der Waals surface area contributed by atoms with Crippen LogP contribution in [-0.4, -0.2) is 45.2 Å². The molecule has 0 radical (unpaired) electrons. The monoisotopic (exact) mass is 390 g/mol. The van der Waals surface area contributed by atoms with Gasteiger partial charge in [0.25, 0.3) is 5.91 Å². The molecule has 1 aromatic heterocycles. The van der Waals surface area contributed by atoms with Gasteiger partial charge in [-0.3, -0.25) is 4.79 Å². The molecule has 7 nitrogen and oxygen atoms in total. The molecular weight excluding hydrogens is 368 g/mol. The lowest BCUT2D eigenvalue weighted by molar-refractivity contribution is 0.0599. The molecule has 7 heteroatoms. The van der Waals surface area contributed by atoms with E-state index in [1.54, 1.807) is 29.2 Å². The van der Waals surface area contributed by atoms with E-state index in [4.69, 9.17) is 4.74 Å². The number of amides is 1. The van der Waals surface area contributed by atoms with Crippen LogP contribution in [0.1, 0.15) is 50.9 Å². The van der Waals surface area contributed by atoms with Crippen molar-refractivity contribution in [1.29, 1.82) is 0 Å². The Labute approximate surface area is 168 Å². The molecule has 29 heavy (non-hydrogen) atoms. The molecule has 0 spiro atoms. The largest absolute Gasteiger partial charge is 0.465 e. The normalized spacial score (nSPS) is 15.7. The van der Waals surface area contributed by atoms with E-state index in [2.05, 4.69) is 33.8 Å². The number of carbonyl (C=O) groups is 2. The summed E-state index contributed by atoms with van der Waals surface area (Å²) in [6.07, 6.45) is 0.709. The van der Waals surface area contributed by atoms with Crippen LogP contribution in [0, 0.1) is 0 Å². The first kappa shape index (κ1) is 18.9. The number of hydrogen-bond acceptors (Lipinski definition) is 5. The fourth-order valence-electron chi connectivity index (χ4n) is 3.72. The van der Waals surface area contributed by atoms with E-state index < -0.39 is 5.97 Å². The average Bonchev–Trinajstić information content (AvgIpc) is 3.16. The number of nitrogens with zero attached hydrogens (tertiary/aromatic N) is 4. The summed E-state index contributed by atoms with van der Waals surface area (Å²) in [4.78, 5) is 26.3. The van der Waals surface area contributed by atoms with E-state index >= 15 is 0 Å². The van der Waals surface area contributed by atoms with Crippen molar-refractivity contribution in [2.45, 2.75) is 25.9 Å². The highest BCUT2D eigenvalue weighted by atomic mass is 16.5. The van der Waals surface area contributed by atoms with Crippen LogP contribution >= 0.6 is 0 Å². The molecule has 3 aromatic rings. The van der Waals surface area contributed by atoms with E-state index in [0.29, 0.717) is 30.6 Å². The molecule has 0 fully saturated rings. The summed E-state index contributed by atoms with van der Waals surface area (Å²) in [6.45, 7) is 3.05. The molecular formula is C22H22N4O3. The first-order valence-corrected chi connectivity index (χ1v) is 9.51. The Morgan fingerprint density at radius 3 is 2.41 bits per heavy atom. The Kier molecular flexibility index (Phi) is 5.12. The average molecular weight is 390 g/mol. The zero-order valence-electron chi connectivity index (χ0n) is 16.4. The lowest BCUT2D eigenvalue weighted by atomic mass is 10.1. The van der Waals surface area contributed by atoms with Crippen LogP contribution in [-0.2, 0) is 17.7 Å². The van der Waals surface area contributed by atoms with E-state index in [1.165, 1.54) is 12.7 Å². The van der Waals surface area contributed by atoms with Gasteiger partial charge in [0.15, 0.2) is 5.82 Å². The molecule has 0 aliphatic carbocycles. The smallest absolute Gasteiger partial charge is 0.337 e. The molecule has 0 saturated heterocycles. The molecule has 0 saturated carbocycles. The summed E-state index contributed by atoms with van der Waals surface area (Å²) >= 11 is 0. The number of hydrogen-bond donors (Lipinski definition) is 0. The second-order valence-electron chi connectivity index (χ2n) is 7.17. The number of fused-ring (bicyclic) bond motifs is 1. The van der Waals surface area contributed by atoms with Crippen molar-refractivity contribution < 1.29 is 14.3 Å². The van der Waals surface area contributed by atoms with Crippen molar-refractivity contribution in [3.8, 4) is 0 Å². The number of esters is 1. The summed E-state index contributed by atoms with van der Waals surface area (Å²) in [5, 5.41) is 8.71. The van der Waals surface area contributed by atoms with Crippen molar-refractivity contribution in [3.05, 3.63) is 82.9 Å². The Hall–Kier alpha value is -3.48. The van der Waals surface area contributed by atoms with E-state index in [9.17, 15) is 9.59 Å². The van der Waals surface area contributed by atoms with Crippen LogP contribution in [0.5, 0.6) is 0 Å². The summed E-state index contributed by atoms with van der Waals surface area (Å²) in [5.74, 6) is 1.18. The SMILES string of the molecule is COC(=O)c1ccc(C(=O)N2Cc3nnc(Cc4ccccc4)n3[C@@H](C)C2)cc1. The predicted octanol–water partition coefficient (Wildman–Crippen LogP) is 2.87. The molecule has 0 bridgehead atoms. The number of rotatable bonds is 4.